The Morgan fingerprint density at radius 2 is 2.04 bits per heavy atom. The van der Waals surface area contributed by atoms with Gasteiger partial charge < -0.3 is 14.4 Å². The maximum Gasteiger partial charge on any atom is 0.223 e. The van der Waals surface area contributed by atoms with E-state index in [1.165, 1.54) is 5.56 Å². The molecule has 0 atom stereocenters. The monoisotopic (exact) mass is 351 g/mol. The van der Waals surface area contributed by atoms with Crippen LogP contribution in [0, 0.1) is 13.8 Å². The van der Waals surface area contributed by atoms with E-state index >= 15 is 0 Å². The second-order valence-corrected chi connectivity index (χ2v) is 6.59. The zero-order valence-electron chi connectivity index (χ0n) is 14.9. The molecule has 3 aromatic rings. The van der Waals surface area contributed by atoms with Gasteiger partial charge in [-0.3, -0.25) is 4.90 Å². The number of phenols is 1. The summed E-state index contributed by atoms with van der Waals surface area (Å²) in [7, 11) is 0. The highest BCUT2D eigenvalue weighted by molar-refractivity contribution is 5.71. The minimum absolute atomic E-state index is 0.179. The zero-order valence-corrected chi connectivity index (χ0v) is 14.9. The third-order valence-corrected chi connectivity index (χ3v) is 4.58. The lowest BCUT2D eigenvalue weighted by Crippen LogP contribution is -2.25. The number of nitrogens with zero attached hydrogens (tertiary/aromatic N) is 3. The molecule has 4 rings (SSSR count). The maximum atomic E-state index is 10.5. The lowest BCUT2D eigenvalue weighted by atomic mass is 9.98. The first-order chi connectivity index (χ1) is 12.6. The molecule has 26 heavy (non-hydrogen) atoms. The highest BCUT2D eigenvalue weighted by Gasteiger charge is 2.21. The van der Waals surface area contributed by atoms with E-state index in [1.807, 2.05) is 12.1 Å². The van der Waals surface area contributed by atoms with Crippen molar-refractivity contribution >= 4 is 0 Å². The number of fused-ring (bicyclic) bond motifs is 1. The molecule has 1 aliphatic rings. The van der Waals surface area contributed by atoms with E-state index in [0.29, 0.717) is 37.2 Å². The van der Waals surface area contributed by atoms with Crippen molar-refractivity contribution in [2.45, 2.75) is 26.9 Å². The molecule has 0 saturated heterocycles. The fourth-order valence-electron chi connectivity index (χ4n) is 3.35. The molecule has 1 N–H and O–H groups in total. The summed E-state index contributed by atoms with van der Waals surface area (Å²) in [6, 6.07) is 12.0. The molecule has 6 heteroatoms. The van der Waals surface area contributed by atoms with Gasteiger partial charge in [0, 0.05) is 25.6 Å². The molecule has 0 bridgehead atoms. The molecule has 0 amide bonds. The number of phenolic OH excluding ortho intramolecular Hbond substituents is 1. The van der Waals surface area contributed by atoms with E-state index in [9.17, 15) is 5.11 Å². The molecule has 0 radical (unpaired) electrons. The van der Waals surface area contributed by atoms with Crippen LogP contribution < -0.4 is 4.74 Å². The van der Waals surface area contributed by atoms with Gasteiger partial charge in [0.05, 0.1) is 6.54 Å². The second kappa shape index (κ2) is 6.80. The minimum Gasteiger partial charge on any atom is -0.504 e. The molecule has 2 aromatic carbocycles. The van der Waals surface area contributed by atoms with Gasteiger partial charge in [-0.15, -0.1) is 0 Å². The Hall–Kier alpha value is -2.86. The second-order valence-electron chi connectivity index (χ2n) is 6.59. The summed E-state index contributed by atoms with van der Waals surface area (Å²) >= 11 is 0. The smallest absolute Gasteiger partial charge is 0.223 e. The molecule has 0 unspecified atom stereocenters. The van der Waals surface area contributed by atoms with Crippen LogP contribution in [0.25, 0.3) is 11.1 Å². The standard InChI is InChI=1S/C20H21N3O3/c1-13-5-3-4-6-17(13)15-9-16-11-23(12-19-21-14(2)26-22-19)7-8-25-20(16)18(24)10-15/h3-6,9-10,24H,7-8,11-12H2,1-2H3. The maximum absolute atomic E-state index is 10.5. The van der Waals surface area contributed by atoms with E-state index in [2.05, 4.69) is 40.2 Å². The molecule has 134 valence electrons. The summed E-state index contributed by atoms with van der Waals surface area (Å²) in [4.78, 5) is 6.47. The van der Waals surface area contributed by atoms with Crippen molar-refractivity contribution in [3.63, 3.8) is 0 Å². The number of aromatic hydroxyl groups is 1. The first-order valence-corrected chi connectivity index (χ1v) is 8.66. The van der Waals surface area contributed by atoms with Gasteiger partial charge in [0.1, 0.15) is 6.61 Å². The molecule has 6 nitrogen and oxygen atoms in total. The lowest BCUT2D eigenvalue weighted by molar-refractivity contribution is 0.211. The van der Waals surface area contributed by atoms with Crippen LogP contribution in [0.1, 0.15) is 22.8 Å². The fraction of sp³-hybridized carbons (Fsp3) is 0.300. The highest BCUT2D eigenvalue weighted by atomic mass is 16.5. The van der Waals surface area contributed by atoms with E-state index < -0.39 is 0 Å². The Morgan fingerprint density at radius 3 is 2.81 bits per heavy atom. The highest BCUT2D eigenvalue weighted by Crippen LogP contribution is 2.38. The van der Waals surface area contributed by atoms with Crippen LogP contribution in [0.2, 0.25) is 0 Å². The van der Waals surface area contributed by atoms with Crippen LogP contribution in [0.3, 0.4) is 0 Å². The number of aromatic nitrogens is 2. The molecular weight excluding hydrogens is 330 g/mol. The van der Waals surface area contributed by atoms with Crippen molar-refractivity contribution in [1.29, 1.82) is 0 Å². The van der Waals surface area contributed by atoms with Crippen LogP contribution in [0.5, 0.6) is 11.5 Å². The summed E-state index contributed by atoms with van der Waals surface area (Å²) < 4.78 is 10.9. The minimum atomic E-state index is 0.179. The predicted molar refractivity (Wildman–Crippen MR) is 96.9 cm³/mol. The van der Waals surface area contributed by atoms with Gasteiger partial charge in [0.25, 0.3) is 0 Å². The zero-order chi connectivity index (χ0) is 18.1. The molecule has 2 heterocycles. The van der Waals surface area contributed by atoms with Crippen LogP contribution in [0.15, 0.2) is 40.9 Å². The molecule has 0 saturated carbocycles. The van der Waals surface area contributed by atoms with Gasteiger partial charge in [-0.05, 0) is 35.7 Å². The van der Waals surface area contributed by atoms with Crippen LogP contribution in [0.4, 0.5) is 0 Å². The van der Waals surface area contributed by atoms with E-state index in [-0.39, 0.29) is 5.75 Å². The van der Waals surface area contributed by atoms with E-state index in [0.717, 1.165) is 23.2 Å². The number of ether oxygens (including phenoxy) is 1. The summed E-state index contributed by atoms with van der Waals surface area (Å²) in [5, 5.41) is 14.5. The van der Waals surface area contributed by atoms with Crippen molar-refractivity contribution in [2.24, 2.45) is 0 Å². The largest absolute Gasteiger partial charge is 0.504 e. The SMILES string of the molecule is Cc1nc(CN2CCOc3c(O)cc(-c4ccccc4C)cc3C2)no1. The topological polar surface area (TPSA) is 71.6 Å². The van der Waals surface area contributed by atoms with E-state index in [1.54, 1.807) is 13.0 Å². The van der Waals surface area contributed by atoms with Crippen molar-refractivity contribution in [2.75, 3.05) is 13.2 Å². The van der Waals surface area contributed by atoms with Gasteiger partial charge in [-0.1, -0.05) is 29.4 Å². The van der Waals surface area contributed by atoms with E-state index in [4.69, 9.17) is 9.26 Å². The van der Waals surface area contributed by atoms with Gasteiger partial charge in [0.2, 0.25) is 5.89 Å². The molecule has 1 aromatic heterocycles. The Bertz CT molecular complexity index is 936. The fourth-order valence-corrected chi connectivity index (χ4v) is 3.35. The lowest BCUT2D eigenvalue weighted by Gasteiger charge is -2.17. The predicted octanol–water partition coefficient (Wildman–Crippen LogP) is 3.45. The molecular formula is C20H21N3O3. The Morgan fingerprint density at radius 1 is 1.19 bits per heavy atom. The van der Waals surface area contributed by atoms with Gasteiger partial charge in [-0.2, -0.15) is 4.98 Å². The van der Waals surface area contributed by atoms with Gasteiger partial charge >= 0.3 is 0 Å². The number of rotatable bonds is 3. The van der Waals surface area contributed by atoms with Crippen LogP contribution >= 0.6 is 0 Å². The van der Waals surface area contributed by atoms with Crippen molar-refractivity contribution in [3.05, 3.63) is 59.2 Å². The third-order valence-electron chi connectivity index (χ3n) is 4.58. The number of benzene rings is 2. The van der Waals surface area contributed by atoms with Gasteiger partial charge in [-0.25, -0.2) is 0 Å². The van der Waals surface area contributed by atoms with Crippen molar-refractivity contribution < 1.29 is 14.4 Å². The summed E-state index contributed by atoms with van der Waals surface area (Å²) in [5.74, 6) is 1.96. The summed E-state index contributed by atoms with van der Waals surface area (Å²) in [5.41, 5.74) is 4.22. The Kier molecular flexibility index (Phi) is 4.34. The Labute approximate surface area is 152 Å². The quantitative estimate of drug-likeness (QED) is 0.779. The Balaban J connectivity index is 1.66. The molecule has 0 spiro atoms. The normalized spacial score (nSPS) is 14.5. The first kappa shape index (κ1) is 16.6. The first-order valence-electron chi connectivity index (χ1n) is 8.66. The number of hydrogen-bond donors (Lipinski definition) is 1. The average Bonchev–Trinajstić information content (AvgIpc) is 2.90. The van der Waals surface area contributed by atoms with Crippen molar-refractivity contribution in [3.8, 4) is 22.6 Å². The van der Waals surface area contributed by atoms with Gasteiger partial charge in [0.15, 0.2) is 17.3 Å². The summed E-state index contributed by atoms with van der Waals surface area (Å²) in [6.07, 6.45) is 0. The average molecular weight is 351 g/mol. The molecule has 0 fully saturated rings. The molecule has 0 aliphatic carbocycles. The van der Waals surface area contributed by atoms with Crippen LogP contribution in [-0.4, -0.2) is 33.3 Å². The number of hydrogen-bond acceptors (Lipinski definition) is 6. The van der Waals surface area contributed by atoms with Crippen molar-refractivity contribution in [1.82, 2.24) is 15.0 Å². The summed E-state index contributed by atoms with van der Waals surface area (Å²) in [6.45, 7) is 6.30. The van der Waals surface area contributed by atoms with Crippen LogP contribution in [-0.2, 0) is 13.1 Å². The molecule has 1 aliphatic heterocycles. The third kappa shape index (κ3) is 3.28. The number of aryl methyl sites for hydroxylation is 2.